The van der Waals surface area contributed by atoms with Crippen LogP contribution >= 0.6 is 0 Å². The van der Waals surface area contributed by atoms with Gasteiger partial charge in [0.05, 0.1) is 13.2 Å². The van der Waals surface area contributed by atoms with Gasteiger partial charge in [0.25, 0.3) is 0 Å². The van der Waals surface area contributed by atoms with Crippen LogP contribution in [0.5, 0.6) is 11.5 Å². The summed E-state index contributed by atoms with van der Waals surface area (Å²) in [6.45, 7) is 6.48. The van der Waals surface area contributed by atoms with Gasteiger partial charge in [-0.05, 0) is 37.4 Å². The van der Waals surface area contributed by atoms with Crippen molar-refractivity contribution in [3.05, 3.63) is 23.8 Å². The third kappa shape index (κ3) is 6.29. The first-order valence-electron chi connectivity index (χ1n) is 7.90. The van der Waals surface area contributed by atoms with E-state index in [-0.39, 0.29) is 0 Å². The summed E-state index contributed by atoms with van der Waals surface area (Å²) in [5.41, 5.74) is 6.83. The van der Waals surface area contributed by atoms with Crippen molar-refractivity contribution >= 4 is 0 Å². The van der Waals surface area contributed by atoms with Gasteiger partial charge in [0, 0.05) is 6.07 Å². The summed E-state index contributed by atoms with van der Waals surface area (Å²) in [5.74, 6) is 1.82. The molecule has 0 aliphatic carbocycles. The van der Waals surface area contributed by atoms with Gasteiger partial charge in [0.1, 0.15) is 11.5 Å². The third-order valence-electron chi connectivity index (χ3n) is 3.18. The lowest BCUT2D eigenvalue weighted by Gasteiger charge is -2.13. The minimum atomic E-state index is 0.640. The number of hydrogen-bond donors (Lipinski definition) is 1. The molecule has 3 heteroatoms. The maximum absolute atomic E-state index is 5.92. The van der Waals surface area contributed by atoms with E-state index in [0.717, 1.165) is 44.0 Å². The zero-order valence-electron chi connectivity index (χ0n) is 13.0. The normalized spacial score (nSPS) is 10.6. The smallest absolute Gasteiger partial charge is 0.126 e. The zero-order chi connectivity index (χ0) is 14.6. The highest BCUT2D eigenvalue weighted by Gasteiger charge is 2.06. The highest BCUT2D eigenvalue weighted by atomic mass is 16.5. The second-order valence-corrected chi connectivity index (χ2v) is 5.07. The lowest BCUT2D eigenvalue weighted by atomic mass is 10.1. The van der Waals surface area contributed by atoms with Gasteiger partial charge in [-0.25, -0.2) is 0 Å². The first-order chi connectivity index (χ1) is 9.81. The van der Waals surface area contributed by atoms with Gasteiger partial charge in [0.2, 0.25) is 0 Å². The third-order valence-corrected chi connectivity index (χ3v) is 3.18. The lowest BCUT2D eigenvalue weighted by molar-refractivity contribution is 0.292. The average Bonchev–Trinajstić information content (AvgIpc) is 2.47. The summed E-state index contributed by atoms with van der Waals surface area (Å²) in [4.78, 5) is 0. The highest BCUT2D eigenvalue weighted by molar-refractivity contribution is 5.41. The Morgan fingerprint density at radius 3 is 2.50 bits per heavy atom. The summed E-state index contributed by atoms with van der Waals surface area (Å²) in [7, 11) is 0. The first-order valence-corrected chi connectivity index (χ1v) is 7.90. The van der Waals surface area contributed by atoms with Crippen molar-refractivity contribution in [2.45, 2.75) is 52.4 Å². The molecule has 1 rings (SSSR count). The van der Waals surface area contributed by atoms with E-state index in [1.807, 2.05) is 12.1 Å². The van der Waals surface area contributed by atoms with E-state index in [2.05, 4.69) is 19.9 Å². The fourth-order valence-electron chi connectivity index (χ4n) is 2.05. The number of hydrogen-bond acceptors (Lipinski definition) is 3. The van der Waals surface area contributed by atoms with E-state index >= 15 is 0 Å². The number of ether oxygens (including phenoxy) is 2. The standard InChI is InChI=1S/C17H29NO2/c1-3-5-6-7-13-20-17-14-16(19-12-4-2)9-8-15(17)10-11-18/h8-9,14H,3-7,10-13,18H2,1-2H3. The van der Waals surface area contributed by atoms with Crippen molar-refractivity contribution in [3.63, 3.8) is 0 Å². The van der Waals surface area contributed by atoms with E-state index in [1.165, 1.54) is 24.8 Å². The molecule has 0 radical (unpaired) electrons. The van der Waals surface area contributed by atoms with Gasteiger partial charge in [-0.3, -0.25) is 0 Å². The second kappa shape index (κ2) is 10.6. The molecule has 0 heterocycles. The van der Waals surface area contributed by atoms with Crippen molar-refractivity contribution in [2.75, 3.05) is 19.8 Å². The minimum absolute atomic E-state index is 0.640. The molecule has 0 aliphatic rings. The molecule has 114 valence electrons. The van der Waals surface area contributed by atoms with Crippen LogP contribution in [-0.2, 0) is 6.42 Å². The first kappa shape index (κ1) is 16.8. The zero-order valence-corrected chi connectivity index (χ0v) is 13.0. The molecule has 2 N–H and O–H groups in total. The number of rotatable bonds is 11. The molecule has 0 aromatic heterocycles. The van der Waals surface area contributed by atoms with Gasteiger partial charge in [-0.15, -0.1) is 0 Å². The molecular formula is C17H29NO2. The Hall–Kier alpha value is -1.22. The van der Waals surface area contributed by atoms with Gasteiger partial charge >= 0.3 is 0 Å². The largest absolute Gasteiger partial charge is 0.493 e. The average molecular weight is 279 g/mol. The lowest BCUT2D eigenvalue weighted by Crippen LogP contribution is -2.07. The van der Waals surface area contributed by atoms with Crippen molar-refractivity contribution in [1.29, 1.82) is 0 Å². The fraction of sp³-hybridized carbons (Fsp3) is 0.647. The molecule has 0 fully saturated rings. The Labute approximate surface area is 123 Å². The summed E-state index contributed by atoms with van der Waals surface area (Å²) in [6.07, 6.45) is 6.72. The maximum atomic E-state index is 5.92. The van der Waals surface area contributed by atoms with Crippen LogP contribution in [0, 0.1) is 0 Å². The molecule has 3 nitrogen and oxygen atoms in total. The Kier molecular flexibility index (Phi) is 8.88. The topological polar surface area (TPSA) is 44.5 Å². The Balaban J connectivity index is 2.57. The molecule has 0 aliphatic heterocycles. The second-order valence-electron chi connectivity index (χ2n) is 5.07. The predicted molar refractivity (Wildman–Crippen MR) is 84.6 cm³/mol. The molecule has 0 bridgehead atoms. The molecule has 0 unspecified atom stereocenters. The van der Waals surface area contributed by atoms with Crippen molar-refractivity contribution < 1.29 is 9.47 Å². The van der Waals surface area contributed by atoms with Gasteiger partial charge in [-0.2, -0.15) is 0 Å². The van der Waals surface area contributed by atoms with Crippen LogP contribution in [0.3, 0.4) is 0 Å². The number of unbranched alkanes of at least 4 members (excludes halogenated alkanes) is 3. The molecule has 1 aromatic rings. The van der Waals surface area contributed by atoms with E-state index in [1.54, 1.807) is 0 Å². The Morgan fingerprint density at radius 1 is 0.950 bits per heavy atom. The van der Waals surface area contributed by atoms with Crippen LogP contribution in [0.15, 0.2) is 18.2 Å². The molecule has 0 spiro atoms. The maximum Gasteiger partial charge on any atom is 0.126 e. The van der Waals surface area contributed by atoms with Crippen LogP contribution in [0.2, 0.25) is 0 Å². The molecule has 0 amide bonds. The van der Waals surface area contributed by atoms with Crippen LogP contribution in [0.1, 0.15) is 51.5 Å². The van der Waals surface area contributed by atoms with Crippen molar-refractivity contribution in [3.8, 4) is 11.5 Å². The summed E-state index contributed by atoms with van der Waals surface area (Å²) in [6, 6.07) is 6.07. The predicted octanol–water partition coefficient (Wildman–Crippen LogP) is 3.94. The van der Waals surface area contributed by atoms with Crippen LogP contribution in [-0.4, -0.2) is 19.8 Å². The molecule has 0 saturated carbocycles. The van der Waals surface area contributed by atoms with Crippen LogP contribution in [0.25, 0.3) is 0 Å². The molecule has 1 aromatic carbocycles. The van der Waals surface area contributed by atoms with E-state index < -0.39 is 0 Å². The van der Waals surface area contributed by atoms with E-state index in [9.17, 15) is 0 Å². The molecule has 0 saturated heterocycles. The van der Waals surface area contributed by atoms with E-state index in [4.69, 9.17) is 15.2 Å². The van der Waals surface area contributed by atoms with Gasteiger partial charge in [-0.1, -0.05) is 39.2 Å². The van der Waals surface area contributed by atoms with Gasteiger partial charge in [0.15, 0.2) is 0 Å². The summed E-state index contributed by atoms with van der Waals surface area (Å²) >= 11 is 0. The SMILES string of the molecule is CCCCCCOc1cc(OCCC)ccc1CCN. The quantitative estimate of drug-likeness (QED) is 0.624. The monoisotopic (exact) mass is 279 g/mol. The highest BCUT2D eigenvalue weighted by Crippen LogP contribution is 2.26. The number of nitrogens with two attached hydrogens (primary N) is 1. The Bertz CT molecular complexity index is 366. The molecule has 0 atom stereocenters. The summed E-state index contributed by atoms with van der Waals surface area (Å²) in [5, 5.41) is 0. The minimum Gasteiger partial charge on any atom is -0.493 e. The van der Waals surface area contributed by atoms with Crippen LogP contribution in [0.4, 0.5) is 0 Å². The van der Waals surface area contributed by atoms with E-state index in [0.29, 0.717) is 6.54 Å². The number of benzene rings is 1. The fourth-order valence-corrected chi connectivity index (χ4v) is 2.05. The van der Waals surface area contributed by atoms with Crippen molar-refractivity contribution in [1.82, 2.24) is 0 Å². The summed E-state index contributed by atoms with van der Waals surface area (Å²) < 4.78 is 11.6. The van der Waals surface area contributed by atoms with Gasteiger partial charge < -0.3 is 15.2 Å². The molecule has 20 heavy (non-hydrogen) atoms. The molecular weight excluding hydrogens is 250 g/mol. The Morgan fingerprint density at radius 2 is 1.80 bits per heavy atom. The van der Waals surface area contributed by atoms with Crippen LogP contribution < -0.4 is 15.2 Å². The van der Waals surface area contributed by atoms with Crippen molar-refractivity contribution in [2.24, 2.45) is 5.73 Å².